The zero-order valence-corrected chi connectivity index (χ0v) is 13.8. The first kappa shape index (κ1) is 18.3. The van der Waals surface area contributed by atoms with Gasteiger partial charge in [0.25, 0.3) is 0 Å². The van der Waals surface area contributed by atoms with E-state index in [1.807, 2.05) is 0 Å². The van der Waals surface area contributed by atoms with Crippen molar-refractivity contribution in [2.75, 3.05) is 13.7 Å². The van der Waals surface area contributed by atoms with Crippen LogP contribution in [0.15, 0.2) is 18.2 Å². The summed E-state index contributed by atoms with van der Waals surface area (Å²) in [4.78, 5) is 0. The number of aliphatic hydroxyl groups excluding tert-OH is 2. The molecule has 0 amide bonds. The maximum atomic E-state index is 10.5. The first-order chi connectivity index (χ1) is 7.87. The molecule has 9 heteroatoms. The first-order valence-corrected chi connectivity index (χ1v) is 5.87. The molecule has 0 aliphatic rings. The summed E-state index contributed by atoms with van der Waals surface area (Å²) in [5.74, 6) is -0.212. The van der Waals surface area contributed by atoms with Crippen LogP contribution < -0.4 is 60.3 Å². The van der Waals surface area contributed by atoms with Gasteiger partial charge in [0.05, 0.1) is 13.7 Å². The minimum Gasteiger partial charge on any atom is -0.493 e. The monoisotopic (exact) mass is 303 g/mol. The van der Waals surface area contributed by atoms with Crippen LogP contribution in [0, 0.1) is 0 Å². The molecule has 96 valence electrons. The van der Waals surface area contributed by atoms with Gasteiger partial charge in [-0.3, -0.25) is 4.55 Å². The fraction of sp³-hybridized carbons (Fsp3) is 0.333. The predicted molar refractivity (Wildman–Crippen MR) is 57.2 cm³/mol. The van der Waals surface area contributed by atoms with E-state index in [4.69, 9.17) is 14.4 Å². The van der Waals surface area contributed by atoms with Crippen LogP contribution in [0.1, 0.15) is 11.7 Å². The minimum absolute atomic E-state index is 0. The van der Waals surface area contributed by atoms with E-state index in [0.717, 1.165) is 0 Å². The number of methoxy groups -OCH3 is 1. The SMILES string of the molecule is COc1cc(C(O)CO)ccc1OS(=O)(=O)O.[K+]. The van der Waals surface area contributed by atoms with Crippen molar-refractivity contribution in [3.8, 4) is 11.5 Å². The van der Waals surface area contributed by atoms with Gasteiger partial charge in [-0.15, -0.1) is 0 Å². The summed E-state index contributed by atoms with van der Waals surface area (Å²) >= 11 is 0. The predicted octanol–water partition coefficient (Wildman–Crippen LogP) is -3.09. The van der Waals surface area contributed by atoms with Crippen molar-refractivity contribution in [1.82, 2.24) is 0 Å². The zero-order valence-electron chi connectivity index (χ0n) is 9.90. The summed E-state index contributed by atoms with van der Waals surface area (Å²) < 4.78 is 38.7. The van der Waals surface area contributed by atoms with E-state index in [1.54, 1.807) is 0 Å². The normalized spacial score (nSPS) is 12.4. The van der Waals surface area contributed by atoms with Crippen LogP contribution in [0.4, 0.5) is 0 Å². The summed E-state index contributed by atoms with van der Waals surface area (Å²) in [5, 5.41) is 18.1. The molecule has 1 atom stereocenters. The summed E-state index contributed by atoms with van der Waals surface area (Å²) in [7, 11) is -3.38. The van der Waals surface area contributed by atoms with E-state index >= 15 is 0 Å². The molecule has 1 aromatic rings. The first-order valence-electron chi connectivity index (χ1n) is 4.51. The molecule has 0 saturated carbocycles. The van der Waals surface area contributed by atoms with Gasteiger partial charge in [-0.1, -0.05) is 6.07 Å². The molecule has 7 nitrogen and oxygen atoms in total. The van der Waals surface area contributed by atoms with Crippen LogP contribution in [-0.4, -0.2) is 36.9 Å². The van der Waals surface area contributed by atoms with Gasteiger partial charge in [0.15, 0.2) is 11.5 Å². The Hall–Kier alpha value is 0.286. The average Bonchev–Trinajstić information content (AvgIpc) is 2.26. The van der Waals surface area contributed by atoms with Gasteiger partial charge in [0.1, 0.15) is 6.10 Å². The molecule has 0 heterocycles. The average molecular weight is 303 g/mol. The minimum atomic E-state index is -4.64. The van der Waals surface area contributed by atoms with Crippen molar-refractivity contribution >= 4 is 10.4 Å². The number of ether oxygens (including phenoxy) is 1. The molecule has 0 fully saturated rings. The third-order valence-corrected chi connectivity index (χ3v) is 2.33. The van der Waals surface area contributed by atoms with E-state index in [-0.39, 0.29) is 62.9 Å². The van der Waals surface area contributed by atoms with Crippen LogP contribution in [-0.2, 0) is 10.4 Å². The second kappa shape index (κ2) is 7.77. The largest absolute Gasteiger partial charge is 1.00 e. The summed E-state index contributed by atoms with van der Waals surface area (Å²) in [5.41, 5.74) is 0.326. The van der Waals surface area contributed by atoms with Gasteiger partial charge < -0.3 is 19.1 Å². The molecule has 3 N–H and O–H groups in total. The third kappa shape index (κ3) is 5.51. The van der Waals surface area contributed by atoms with Crippen molar-refractivity contribution in [2.24, 2.45) is 0 Å². The van der Waals surface area contributed by atoms with E-state index in [2.05, 4.69) is 4.18 Å². The molecule has 0 aromatic heterocycles. The Kier molecular flexibility index (Phi) is 7.90. The van der Waals surface area contributed by atoms with Gasteiger partial charge in [-0.2, -0.15) is 8.42 Å². The Morgan fingerprint density at radius 2 is 1.94 bits per heavy atom. The van der Waals surface area contributed by atoms with Crippen molar-refractivity contribution in [3.63, 3.8) is 0 Å². The number of hydrogen-bond acceptors (Lipinski definition) is 6. The van der Waals surface area contributed by atoms with E-state index in [9.17, 15) is 13.5 Å². The van der Waals surface area contributed by atoms with Gasteiger partial charge in [0.2, 0.25) is 0 Å². The van der Waals surface area contributed by atoms with Crippen molar-refractivity contribution < 1.29 is 83.5 Å². The van der Waals surface area contributed by atoms with Crippen molar-refractivity contribution in [2.45, 2.75) is 6.10 Å². The van der Waals surface area contributed by atoms with Gasteiger partial charge in [-0.05, 0) is 17.7 Å². The summed E-state index contributed by atoms with van der Waals surface area (Å²) in [6.45, 7) is -0.484. The van der Waals surface area contributed by atoms with Crippen LogP contribution in [0.2, 0.25) is 0 Å². The van der Waals surface area contributed by atoms with Crippen LogP contribution >= 0.6 is 0 Å². The Bertz CT molecular complexity index is 488. The zero-order chi connectivity index (χ0) is 13.1. The molecule has 1 unspecified atom stereocenters. The van der Waals surface area contributed by atoms with Crippen LogP contribution in [0.25, 0.3) is 0 Å². The third-order valence-electron chi connectivity index (χ3n) is 1.94. The fourth-order valence-electron chi connectivity index (χ4n) is 1.18. The second-order valence-corrected chi connectivity index (χ2v) is 4.14. The van der Waals surface area contributed by atoms with Gasteiger partial charge >= 0.3 is 61.8 Å². The number of hydrogen-bond donors (Lipinski definition) is 3. The van der Waals surface area contributed by atoms with E-state index in [0.29, 0.717) is 5.56 Å². The number of rotatable bonds is 5. The molecule has 0 spiro atoms. The molecule has 18 heavy (non-hydrogen) atoms. The maximum absolute atomic E-state index is 10.5. The molecule has 0 radical (unpaired) electrons. The molecular weight excluding hydrogens is 291 g/mol. The standard InChI is InChI=1S/C9H12O7S.K/c1-15-9-4-6(7(11)5-10)2-3-8(9)16-17(12,13)14;/h2-4,7,10-11H,5H2,1H3,(H,12,13,14);/q;+1. The molecule has 1 rings (SSSR count). The smallest absolute Gasteiger partial charge is 0.493 e. The van der Waals surface area contributed by atoms with E-state index in [1.165, 1.54) is 25.3 Å². The number of benzene rings is 1. The van der Waals surface area contributed by atoms with Crippen LogP contribution in [0.5, 0.6) is 11.5 Å². The fourth-order valence-corrected chi connectivity index (χ4v) is 1.54. The van der Waals surface area contributed by atoms with Gasteiger partial charge in [0, 0.05) is 0 Å². The Morgan fingerprint density at radius 3 is 2.39 bits per heavy atom. The van der Waals surface area contributed by atoms with Crippen LogP contribution in [0.3, 0.4) is 0 Å². The van der Waals surface area contributed by atoms with E-state index < -0.39 is 23.1 Å². The maximum Gasteiger partial charge on any atom is 1.00 e. The summed E-state index contributed by atoms with van der Waals surface area (Å²) in [6.07, 6.45) is -1.11. The van der Waals surface area contributed by atoms with Crippen molar-refractivity contribution in [1.29, 1.82) is 0 Å². The Balaban J connectivity index is 0.00000289. The summed E-state index contributed by atoms with van der Waals surface area (Å²) in [6, 6.07) is 3.83. The molecule has 1 aromatic carbocycles. The quantitative estimate of drug-likeness (QED) is 0.390. The topological polar surface area (TPSA) is 113 Å². The molecule has 0 aliphatic heterocycles. The number of aliphatic hydroxyl groups is 2. The molecule has 0 aliphatic carbocycles. The molecule has 0 saturated heterocycles. The second-order valence-electron chi connectivity index (χ2n) is 3.12. The van der Waals surface area contributed by atoms with Crippen molar-refractivity contribution in [3.05, 3.63) is 23.8 Å². The Morgan fingerprint density at radius 1 is 1.33 bits per heavy atom. The Labute approximate surface area is 147 Å². The molecule has 0 bridgehead atoms. The molecular formula is C9H12KO7S+. The van der Waals surface area contributed by atoms with Gasteiger partial charge in [-0.25, -0.2) is 0 Å².